The van der Waals surface area contributed by atoms with Crippen molar-refractivity contribution >= 4 is 0 Å². The van der Waals surface area contributed by atoms with Gasteiger partial charge in [0.25, 0.3) is 5.56 Å². The number of pyridine rings is 1. The van der Waals surface area contributed by atoms with Crippen LogP contribution in [0.15, 0.2) is 77.7 Å². The average Bonchev–Trinajstić information content (AvgIpc) is 2.51. The van der Waals surface area contributed by atoms with Gasteiger partial charge in [0.15, 0.2) is 0 Å². The van der Waals surface area contributed by atoms with E-state index in [1.54, 1.807) is 10.6 Å². The molecule has 20 heavy (non-hydrogen) atoms. The van der Waals surface area contributed by atoms with Gasteiger partial charge in [-0.2, -0.15) is 0 Å². The fourth-order valence-corrected chi connectivity index (χ4v) is 2.33. The molecule has 0 aliphatic heterocycles. The normalized spacial score (nSPS) is 10.4. The van der Waals surface area contributed by atoms with Gasteiger partial charge in [-0.15, -0.1) is 0 Å². The Hall–Kier alpha value is -2.61. The zero-order valence-electron chi connectivity index (χ0n) is 11.3. The van der Waals surface area contributed by atoms with Crippen LogP contribution in [0.1, 0.15) is 5.56 Å². The molecule has 98 valence electrons. The zero-order valence-corrected chi connectivity index (χ0v) is 11.3. The van der Waals surface area contributed by atoms with Gasteiger partial charge < -0.3 is 0 Å². The van der Waals surface area contributed by atoms with Crippen molar-refractivity contribution in [2.24, 2.45) is 0 Å². The van der Waals surface area contributed by atoms with Crippen LogP contribution in [0, 0.1) is 6.92 Å². The molecule has 0 N–H and O–H groups in total. The maximum absolute atomic E-state index is 12.1. The molecular weight excluding hydrogens is 246 g/mol. The minimum absolute atomic E-state index is 0.0148. The van der Waals surface area contributed by atoms with E-state index < -0.39 is 0 Å². The summed E-state index contributed by atoms with van der Waals surface area (Å²) >= 11 is 0. The first-order valence-electron chi connectivity index (χ1n) is 6.60. The van der Waals surface area contributed by atoms with Gasteiger partial charge in [-0.1, -0.05) is 54.6 Å². The maximum Gasteiger partial charge on any atom is 0.255 e. The summed E-state index contributed by atoms with van der Waals surface area (Å²) in [6.45, 7) is 1.99. The van der Waals surface area contributed by atoms with Crippen molar-refractivity contribution in [2.45, 2.75) is 6.92 Å². The lowest BCUT2D eigenvalue weighted by molar-refractivity contribution is 0.978. The molecule has 0 aliphatic carbocycles. The lowest BCUT2D eigenvalue weighted by atomic mass is 10.0. The Labute approximate surface area is 118 Å². The molecule has 2 nitrogen and oxygen atoms in total. The van der Waals surface area contributed by atoms with E-state index in [-0.39, 0.29) is 5.56 Å². The fourth-order valence-electron chi connectivity index (χ4n) is 2.33. The van der Waals surface area contributed by atoms with E-state index >= 15 is 0 Å². The summed E-state index contributed by atoms with van der Waals surface area (Å²) in [4.78, 5) is 12.1. The predicted octanol–water partition coefficient (Wildman–Crippen LogP) is 3.81. The van der Waals surface area contributed by atoms with E-state index in [4.69, 9.17) is 0 Å². The van der Waals surface area contributed by atoms with Gasteiger partial charge >= 0.3 is 0 Å². The smallest absolute Gasteiger partial charge is 0.255 e. The predicted molar refractivity (Wildman–Crippen MR) is 82.2 cm³/mol. The Bertz CT molecular complexity index is 788. The Morgan fingerprint density at radius 1 is 0.800 bits per heavy atom. The number of benzene rings is 2. The summed E-state index contributed by atoms with van der Waals surface area (Å²) in [6.07, 6.45) is 1.88. The van der Waals surface area contributed by atoms with Gasteiger partial charge in [0, 0.05) is 17.8 Å². The highest BCUT2D eigenvalue weighted by Crippen LogP contribution is 2.25. The van der Waals surface area contributed by atoms with Crippen LogP contribution >= 0.6 is 0 Å². The van der Waals surface area contributed by atoms with Gasteiger partial charge in [0.1, 0.15) is 0 Å². The van der Waals surface area contributed by atoms with E-state index in [9.17, 15) is 4.79 Å². The summed E-state index contributed by atoms with van der Waals surface area (Å²) in [6, 6.07) is 21.5. The number of aryl methyl sites for hydroxylation is 1. The molecule has 2 heteroatoms. The van der Waals surface area contributed by atoms with Gasteiger partial charge in [-0.25, -0.2) is 0 Å². The molecule has 0 saturated carbocycles. The number of hydrogen-bond donors (Lipinski definition) is 0. The van der Waals surface area contributed by atoms with E-state index in [2.05, 4.69) is 12.1 Å². The largest absolute Gasteiger partial charge is 0.283 e. The van der Waals surface area contributed by atoms with E-state index in [1.807, 2.05) is 61.7 Å². The first-order valence-corrected chi connectivity index (χ1v) is 6.60. The summed E-state index contributed by atoms with van der Waals surface area (Å²) < 4.78 is 1.71. The van der Waals surface area contributed by atoms with Crippen molar-refractivity contribution in [3.05, 3.63) is 88.8 Å². The molecule has 3 rings (SSSR count). The van der Waals surface area contributed by atoms with Crippen molar-refractivity contribution in [3.63, 3.8) is 0 Å². The molecule has 0 aliphatic rings. The summed E-state index contributed by atoms with van der Waals surface area (Å²) in [5, 5.41) is 0. The van der Waals surface area contributed by atoms with Gasteiger partial charge in [0.05, 0.1) is 5.69 Å². The molecule has 0 fully saturated rings. The molecule has 0 amide bonds. The first-order chi connectivity index (χ1) is 9.75. The molecule has 2 aromatic carbocycles. The van der Waals surface area contributed by atoms with Gasteiger partial charge in [-0.3, -0.25) is 9.36 Å². The highest BCUT2D eigenvalue weighted by Gasteiger charge is 2.07. The quantitative estimate of drug-likeness (QED) is 0.687. The highest BCUT2D eigenvalue weighted by atomic mass is 16.1. The Morgan fingerprint density at radius 3 is 2.30 bits per heavy atom. The molecule has 3 aromatic rings. The summed E-state index contributed by atoms with van der Waals surface area (Å²) in [7, 11) is 0. The van der Waals surface area contributed by atoms with Crippen LogP contribution in [0.4, 0.5) is 0 Å². The number of rotatable bonds is 2. The van der Waals surface area contributed by atoms with Crippen LogP contribution in [-0.4, -0.2) is 4.57 Å². The lowest BCUT2D eigenvalue weighted by Crippen LogP contribution is -2.17. The molecule has 0 radical (unpaired) electrons. The number of para-hydroxylation sites is 1. The van der Waals surface area contributed by atoms with Crippen LogP contribution in [0.25, 0.3) is 16.8 Å². The third-order valence-corrected chi connectivity index (χ3v) is 3.31. The molecule has 1 heterocycles. The van der Waals surface area contributed by atoms with Crippen LogP contribution < -0.4 is 5.56 Å². The molecule has 0 unspecified atom stereocenters. The fraction of sp³-hybridized carbons (Fsp3) is 0.0556. The number of aromatic nitrogens is 1. The molecule has 0 bridgehead atoms. The molecule has 0 spiro atoms. The third-order valence-electron chi connectivity index (χ3n) is 3.31. The Kier molecular flexibility index (Phi) is 3.21. The second-order valence-electron chi connectivity index (χ2n) is 4.80. The van der Waals surface area contributed by atoms with Crippen molar-refractivity contribution in [2.75, 3.05) is 0 Å². The average molecular weight is 261 g/mol. The van der Waals surface area contributed by atoms with Crippen LogP contribution in [-0.2, 0) is 0 Å². The number of hydrogen-bond acceptors (Lipinski definition) is 1. The van der Waals surface area contributed by atoms with Crippen molar-refractivity contribution in [1.29, 1.82) is 0 Å². The Balaban J connectivity index is 2.26. The second kappa shape index (κ2) is 5.17. The third kappa shape index (κ3) is 2.28. The SMILES string of the molecule is Cc1ccc(=O)n(-c2ccccc2-c2ccccc2)c1. The molecule has 0 atom stereocenters. The van der Waals surface area contributed by atoms with Crippen molar-refractivity contribution in [3.8, 4) is 16.8 Å². The monoisotopic (exact) mass is 261 g/mol. The molecule has 0 saturated heterocycles. The van der Waals surface area contributed by atoms with Crippen LogP contribution in [0.3, 0.4) is 0 Å². The highest BCUT2D eigenvalue weighted by molar-refractivity contribution is 5.72. The van der Waals surface area contributed by atoms with Crippen molar-refractivity contribution in [1.82, 2.24) is 4.57 Å². The van der Waals surface area contributed by atoms with Crippen LogP contribution in [0.5, 0.6) is 0 Å². The summed E-state index contributed by atoms with van der Waals surface area (Å²) in [5.41, 5.74) is 4.12. The van der Waals surface area contributed by atoms with E-state index in [1.165, 1.54) is 0 Å². The topological polar surface area (TPSA) is 22.0 Å². The minimum Gasteiger partial charge on any atom is -0.283 e. The van der Waals surface area contributed by atoms with E-state index in [0.717, 1.165) is 22.4 Å². The molecule has 1 aromatic heterocycles. The lowest BCUT2D eigenvalue weighted by Gasteiger charge is -2.12. The second-order valence-corrected chi connectivity index (χ2v) is 4.80. The van der Waals surface area contributed by atoms with E-state index in [0.29, 0.717) is 0 Å². The molecular formula is C18H15NO. The standard InChI is InChI=1S/C18H15NO/c1-14-11-12-18(20)19(13-14)17-10-6-5-9-16(17)15-7-3-2-4-8-15/h2-13H,1H3. The summed E-state index contributed by atoms with van der Waals surface area (Å²) in [5.74, 6) is 0. The zero-order chi connectivity index (χ0) is 13.9. The minimum atomic E-state index is -0.0148. The van der Waals surface area contributed by atoms with Gasteiger partial charge in [0.2, 0.25) is 0 Å². The maximum atomic E-state index is 12.1. The Morgan fingerprint density at radius 2 is 1.50 bits per heavy atom. The first kappa shape index (κ1) is 12.4. The van der Waals surface area contributed by atoms with Gasteiger partial charge in [-0.05, 0) is 24.1 Å². The van der Waals surface area contributed by atoms with Crippen molar-refractivity contribution < 1.29 is 0 Å². The van der Waals surface area contributed by atoms with Crippen LogP contribution in [0.2, 0.25) is 0 Å². The number of nitrogens with zero attached hydrogens (tertiary/aromatic N) is 1.